The molecule has 4 aromatic heterocycles. The maximum absolute atomic E-state index is 7.70. The highest BCUT2D eigenvalue weighted by molar-refractivity contribution is 6.97. The van der Waals surface area contributed by atoms with Crippen LogP contribution in [0.1, 0.15) is 22.3 Å². The third-order valence-electron chi connectivity index (χ3n) is 26.2. The Morgan fingerprint density at radius 2 is 0.496 bits per heavy atom. The topological polar surface area (TPSA) is 38.2 Å². The van der Waals surface area contributed by atoms with Gasteiger partial charge in [-0.1, -0.05) is 278 Å². The molecule has 0 radical (unpaired) electrons. The number of fused-ring (bicyclic) bond motifs is 28. The summed E-state index contributed by atoms with van der Waals surface area (Å²) in [5.41, 5.74) is 33.7. The van der Waals surface area contributed by atoms with Crippen LogP contribution >= 0.6 is 0 Å². The lowest BCUT2D eigenvalue weighted by molar-refractivity contribution is 0.488. The molecule has 2 aliphatic heterocycles. The van der Waals surface area contributed by atoms with Gasteiger partial charge in [-0.05, 0) is 211 Å². The molecule has 0 amide bonds. The van der Waals surface area contributed by atoms with Gasteiger partial charge >= 0.3 is 0 Å². The zero-order valence-corrected chi connectivity index (χ0v) is 63.4. The largest absolute Gasteiger partial charge is 0.458 e. The van der Waals surface area contributed by atoms with E-state index in [0.29, 0.717) is 0 Å². The molecule has 0 N–H and O–H groups in total. The zero-order valence-electron chi connectivity index (χ0n) is 63.4. The molecule has 117 heavy (non-hydrogen) atoms. The first-order valence-corrected chi connectivity index (χ1v) is 40.6. The fraction of sp³-hybridized carbons (Fsp3) is 0.00917. The van der Waals surface area contributed by atoms with Gasteiger partial charge in [0.15, 0.2) is 0 Å². The van der Waals surface area contributed by atoms with Crippen molar-refractivity contribution in [3.63, 3.8) is 0 Å². The van der Waals surface area contributed by atoms with E-state index in [4.69, 9.17) is 9.47 Å². The highest BCUT2D eigenvalue weighted by Crippen LogP contribution is 2.67. The maximum Gasteiger partial charge on any atom is 0.250 e. The number of ether oxygens (including phenoxy) is 2. The molecule has 8 heteroatoms. The summed E-state index contributed by atoms with van der Waals surface area (Å²) < 4.78 is 25.2. The number of para-hydroxylation sites is 8. The van der Waals surface area contributed by atoms with Crippen LogP contribution in [0.2, 0.25) is 0 Å². The predicted octanol–water partition coefficient (Wildman–Crippen LogP) is 23.0. The number of nitrogens with zero attached hydrogens (tertiary/aromatic N) is 4. The Bertz CT molecular complexity index is 7560. The van der Waals surface area contributed by atoms with E-state index in [9.17, 15) is 0 Å². The summed E-state index contributed by atoms with van der Waals surface area (Å²) in [6, 6.07) is 149. The monoisotopic (exact) mass is 1480 g/mol. The first kappa shape index (κ1) is 64.4. The minimum Gasteiger partial charge on any atom is -0.458 e. The highest BCUT2D eigenvalue weighted by Gasteiger charge is 2.56. The molecule has 540 valence electrons. The van der Waals surface area contributed by atoms with E-state index in [2.05, 4.69) is 419 Å². The van der Waals surface area contributed by atoms with E-state index in [-0.39, 0.29) is 13.4 Å². The van der Waals surface area contributed by atoms with Crippen molar-refractivity contribution in [2.75, 3.05) is 0 Å². The lowest BCUT2D eigenvalue weighted by Gasteiger charge is -2.33. The summed E-state index contributed by atoms with van der Waals surface area (Å²) >= 11 is 0. The van der Waals surface area contributed by atoms with Gasteiger partial charge in [0.1, 0.15) is 23.0 Å². The van der Waals surface area contributed by atoms with Gasteiger partial charge in [-0.15, -0.1) is 0 Å². The first-order valence-electron chi connectivity index (χ1n) is 40.6. The van der Waals surface area contributed by atoms with Crippen LogP contribution < -0.4 is 42.3 Å². The van der Waals surface area contributed by atoms with Crippen molar-refractivity contribution in [1.29, 1.82) is 0 Å². The molecule has 0 atom stereocenters. The summed E-state index contributed by atoms with van der Waals surface area (Å²) in [5.74, 6) is 3.49. The highest BCUT2D eigenvalue weighted by atomic mass is 16.5. The smallest absolute Gasteiger partial charge is 0.250 e. The molecule has 0 fully saturated rings. The number of aromatic nitrogens is 4. The Balaban J connectivity index is 0.700. The van der Waals surface area contributed by atoms with Crippen molar-refractivity contribution >= 4 is 133 Å². The van der Waals surface area contributed by atoms with E-state index < -0.39 is 5.41 Å². The lowest BCUT2D eigenvalue weighted by Crippen LogP contribution is -2.55. The molecule has 2 aliphatic carbocycles. The Kier molecular flexibility index (Phi) is 13.5. The Morgan fingerprint density at radius 1 is 0.205 bits per heavy atom. The van der Waals surface area contributed by atoms with Crippen LogP contribution in [-0.2, 0) is 5.41 Å². The van der Waals surface area contributed by atoms with Crippen molar-refractivity contribution in [2.45, 2.75) is 5.41 Å². The molecule has 6 nitrogen and oxygen atoms in total. The third kappa shape index (κ3) is 9.01. The average molecular weight is 1490 g/mol. The van der Waals surface area contributed by atoms with Crippen LogP contribution in [0.25, 0.3) is 154 Å². The fourth-order valence-electron chi connectivity index (χ4n) is 21.4. The van der Waals surface area contributed by atoms with Gasteiger partial charge in [0.2, 0.25) is 0 Å². The van der Waals surface area contributed by atoms with Gasteiger partial charge in [0.25, 0.3) is 13.4 Å². The Morgan fingerprint density at radius 3 is 0.855 bits per heavy atom. The molecule has 0 bridgehead atoms. The van der Waals surface area contributed by atoms with Crippen LogP contribution in [0.15, 0.2) is 400 Å². The SMILES string of the molecule is c1ccc(B2c3ccccc3Oc3c2ccc2c3-c3cc(-n4c5ccccc5c5cc(-c6ccc7c(c6)c6ccccc6n7-c6ccccc6)ccc54)ccc3C23c2ccc(-n4c5ccccc5c5cc(-c6ccc7c(c6)c6ccccc6n7-c6ccccc6)ccc54)cc2-c2c3ccc3c2Oc2ccccc2B3c2ccccc2)cc1. The average Bonchev–Trinajstić information content (AvgIpc) is 1.49. The lowest BCUT2D eigenvalue weighted by atomic mass is 9.35. The second-order valence-corrected chi connectivity index (χ2v) is 32.0. The van der Waals surface area contributed by atoms with Gasteiger partial charge in [0, 0.05) is 77.0 Å². The van der Waals surface area contributed by atoms with Gasteiger partial charge in [-0.25, -0.2) is 0 Å². The summed E-state index contributed by atoms with van der Waals surface area (Å²) in [4.78, 5) is 0. The van der Waals surface area contributed by atoms with Crippen molar-refractivity contribution in [2.24, 2.45) is 0 Å². The Hall–Kier alpha value is -15.1. The third-order valence-corrected chi connectivity index (χ3v) is 26.2. The van der Waals surface area contributed by atoms with Crippen LogP contribution in [0, 0.1) is 0 Å². The number of benzene rings is 18. The van der Waals surface area contributed by atoms with E-state index in [0.717, 1.165) is 112 Å². The minimum absolute atomic E-state index is 0.102. The van der Waals surface area contributed by atoms with Crippen LogP contribution in [-0.4, -0.2) is 31.7 Å². The zero-order chi connectivity index (χ0) is 76.3. The second-order valence-electron chi connectivity index (χ2n) is 32.0. The molecule has 26 rings (SSSR count). The summed E-state index contributed by atoms with van der Waals surface area (Å²) in [6.07, 6.45) is 0. The molecule has 0 saturated carbocycles. The van der Waals surface area contributed by atoms with E-state index in [1.807, 2.05) is 0 Å². The molecule has 0 saturated heterocycles. The van der Waals surface area contributed by atoms with Gasteiger partial charge in [-0.2, -0.15) is 0 Å². The first-order chi connectivity index (χ1) is 58.1. The molecule has 4 aliphatic rings. The number of rotatable bonds is 8. The predicted molar refractivity (Wildman–Crippen MR) is 486 cm³/mol. The molecule has 22 aromatic rings. The van der Waals surface area contributed by atoms with Crippen LogP contribution in [0.4, 0.5) is 0 Å². The summed E-state index contributed by atoms with van der Waals surface area (Å²) in [6.45, 7) is -0.204. The molecule has 18 aromatic carbocycles. The fourth-order valence-corrected chi connectivity index (χ4v) is 21.4. The quantitative estimate of drug-likeness (QED) is 0.142. The molecule has 6 heterocycles. The maximum atomic E-state index is 7.70. The number of hydrogen-bond acceptors (Lipinski definition) is 2. The van der Waals surface area contributed by atoms with Crippen LogP contribution in [0.3, 0.4) is 0 Å². The van der Waals surface area contributed by atoms with Crippen molar-refractivity contribution in [3.8, 4) is 90.3 Å². The molecular weight excluding hydrogens is 1420 g/mol. The van der Waals surface area contributed by atoms with Crippen molar-refractivity contribution < 1.29 is 9.47 Å². The van der Waals surface area contributed by atoms with Gasteiger partial charge in [-0.3, -0.25) is 0 Å². The van der Waals surface area contributed by atoms with Gasteiger partial charge < -0.3 is 27.7 Å². The van der Waals surface area contributed by atoms with Crippen molar-refractivity contribution in [3.05, 3.63) is 423 Å². The van der Waals surface area contributed by atoms with Gasteiger partial charge in [0.05, 0.1) is 49.5 Å². The molecular formula is C109H66B2N4O2. The van der Waals surface area contributed by atoms with Crippen molar-refractivity contribution in [1.82, 2.24) is 18.3 Å². The van der Waals surface area contributed by atoms with E-state index in [1.54, 1.807) is 0 Å². The molecule has 1 spiro atoms. The normalized spacial score (nSPS) is 13.3. The van der Waals surface area contributed by atoms with E-state index in [1.165, 1.54) is 121 Å². The van der Waals surface area contributed by atoms with E-state index >= 15 is 0 Å². The summed E-state index contributed by atoms with van der Waals surface area (Å²) in [7, 11) is 0. The standard InChI is InChI=1S/C109H66B2N4O2/c1-5-25-71(26-6-1)110-91-37-17-23-43-103(91)116-107-93(110)55-53-89-105(107)85-65-75(114-97-41-21-15-35-79(97)83-63-69(47-59-101(83)114)67-45-57-99-81(61-67)77-33-13-19-39-95(77)112(99)73-29-9-3-10-30-73)49-51-87(85)109(89)88-52-50-76(66-86(88)106-90(109)54-56-94-108(106)117-104-44-24-18-38-92(104)111(94)72-27-7-2-8-28-72)115-98-42-22-16-36-80(98)84-64-70(48-60-102(84)115)68-46-58-100-82(62-68)78-34-14-20-40-96(78)113(100)74-31-11-4-12-32-74/h1-66H. The second kappa shape index (κ2) is 24.5. The van der Waals surface area contributed by atoms with Crippen LogP contribution in [0.5, 0.6) is 23.0 Å². The Labute approximate surface area is 675 Å². The molecule has 0 unspecified atom stereocenters. The summed E-state index contributed by atoms with van der Waals surface area (Å²) in [5, 5.41) is 9.68. The minimum atomic E-state index is -0.879. The number of hydrogen-bond donors (Lipinski definition) is 0.